The van der Waals surface area contributed by atoms with Crippen LogP contribution in [0.15, 0.2) is 197 Å². The Labute approximate surface area is 322 Å². The molecule has 8 aromatic carbocycles. The SMILES string of the molecule is c1ccc(-c2ccc(-c3ccc4oc5cccc(-c6ccc7oc8cccc(-c9nc(-c%10ccccc%10)nc(-c%10ccccc%10)n9)c8c7c6)c5c4c3)cc2)cc1. The van der Waals surface area contributed by atoms with E-state index < -0.39 is 0 Å². The highest BCUT2D eigenvalue weighted by Crippen LogP contribution is 2.42. The van der Waals surface area contributed by atoms with E-state index in [4.69, 9.17) is 23.8 Å². The fourth-order valence-electron chi connectivity index (χ4n) is 7.84. The summed E-state index contributed by atoms with van der Waals surface area (Å²) in [7, 11) is 0. The quantitative estimate of drug-likeness (QED) is 0.171. The maximum Gasteiger partial charge on any atom is 0.164 e. The molecule has 0 radical (unpaired) electrons. The summed E-state index contributed by atoms with van der Waals surface area (Å²) in [5.74, 6) is 1.82. The minimum Gasteiger partial charge on any atom is -0.456 e. The second kappa shape index (κ2) is 13.0. The van der Waals surface area contributed by atoms with Crippen LogP contribution < -0.4 is 0 Å². The van der Waals surface area contributed by atoms with Gasteiger partial charge in [-0.2, -0.15) is 0 Å². The summed E-state index contributed by atoms with van der Waals surface area (Å²) in [6, 6.07) is 64.6. The maximum absolute atomic E-state index is 6.49. The lowest BCUT2D eigenvalue weighted by Gasteiger charge is -2.09. The molecule has 0 unspecified atom stereocenters. The zero-order valence-electron chi connectivity index (χ0n) is 30.1. The third kappa shape index (κ3) is 5.45. The number of nitrogens with zero attached hydrogens (tertiary/aromatic N) is 3. The molecule has 5 heteroatoms. The number of rotatable bonds is 6. The average Bonchev–Trinajstić information content (AvgIpc) is 3.85. The first kappa shape index (κ1) is 31.9. The minimum atomic E-state index is 0.587. The Balaban J connectivity index is 1.06. The van der Waals surface area contributed by atoms with E-state index >= 15 is 0 Å². The Hall–Kier alpha value is -7.63. The van der Waals surface area contributed by atoms with Crippen molar-refractivity contribution in [3.05, 3.63) is 188 Å². The molecule has 0 fully saturated rings. The lowest BCUT2D eigenvalue weighted by Crippen LogP contribution is -2.00. The number of benzene rings is 8. The molecular formula is C51H31N3O2. The topological polar surface area (TPSA) is 65.0 Å². The van der Waals surface area contributed by atoms with Gasteiger partial charge >= 0.3 is 0 Å². The summed E-state index contributed by atoms with van der Waals surface area (Å²) in [5.41, 5.74) is 12.8. The van der Waals surface area contributed by atoms with Gasteiger partial charge in [0.2, 0.25) is 0 Å². The highest BCUT2D eigenvalue weighted by atomic mass is 16.3. The van der Waals surface area contributed by atoms with Crippen LogP contribution in [0.2, 0.25) is 0 Å². The van der Waals surface area contributed by atoms with Gasteiger partial charge in [-0.25, -0.2) is 15.0 Å². The molecule has 3 heterocycles. The second-order valence-corrected chi connectivity index (χ2v) is 14.0. The largest absolute Gasteiger partial charge is 0.456 e. The summed E-state index contributed by atoms with van der Waals surface area (Å²) >= 11 is 0. The van der Waals surface area contributed by atoms with Gasteiger partial charge in [0.15, 0.2) is 17.5 Å². The number of furan rings is 2. The molecule has 0 aliphatic rings. The molecule has 11 aromatic rings. The number of aromatic nitrogens is 3. The molecular weight excluding hydrogens is 687 g/mol. The van der Waals surface area contributed by atoms with Crippen molar-refractivity contribution in [2.45, 2.75) is 0 Å². The fraction of sp³-hybridized carbons (Fsp3) is 0. The molecule has 0 N–H and O–H groups in total. The third-order valence-electron chi connectivity index (χ3n) is 10.6. The van der Waals surface area contributed by atoms with Gasteiger partial charge in [-0.1, -0.05) is 152 Å². The summed E-state index contributed by atoms with van der Waals surface area (Å²) < 4.78 is 12.9. The highest BCUT2D eigenvalue weighted by Gasteiger charge is 2.20. The molecule has 3 aromatic heterocycles. The van der Waals surface area contributed by atoms with E-state index in [-0.39, 0.29) is 0 Å². The van der Waals surface area contributed by atoms with Crippen LogP contribution in [0.4, 0.5) is 0 Å². The second-order valence-electron chi connectivity index (χ2n) is 14.0. The van der Waals surface area contributed by atoms with Crippen molar-refractivity contribution >= 4 is 43.9 Å². The lowest BCUT2D eigenvalue weighted by molar-refractivity contribution is 0.669. The van der Waals surface area contributed by atoms with E-state index in [1.54, 1.807) is 0 Å². The van der Waals surface area contributed by atoms with E-state index in [0.717, 1.165) is 82.8 Å². The van der Waals surface area contributed by atoms with Crippen LogP contribution in [0.3, 0.4) is 0 Å². The summed E-state index contributed by atoms with van der Waals surface area (Å²) in [6.45, 7) is 0. The van der Waals surface area contributed by atoms with Crippen LogP contribution >= 0.6 is 0 Å². The van der Waals surface area contributed by atoms with Crippen LogP contribution in [-0.4, -0.2) is 15.0 Å². The predicted molar refractivity (Wildman–Crippen MR) is 227 cm³/mol. The van der Waals surface area contributed by atoms with Gasteiger partial charge < -0.3 is 8.83 Å². The van der Waals surface area contributed by atoms with E-state index in [9.17, 15) is 0 Å². The molecule has 0 aliphatic heterocycles. The van der Waals surface area contributed by atoms with Crippen molar-refractivity contribution in [3.63, 3.8) is 0 Å². The normalized spacial score (nSPS) is 11.6. The van der Waals surface area contributed by atoms with Crippen molar-refractivity contribution in [2.75, 3.05) is 0 Å². The highest BCUT2D eigenvalue weighted by molar-refractivity contribution is 6.16. The van der Waals surface area contributed by atoms with E-state index in [1.807, 2.05) is 84.9 Å². The summed E-state index contributed by atoms with van der Waals surface area (Å²) in [5, 5.41) is 4.10. The van der Waals surface area contributed by atoms with Crippen LogP contribution in [0.25, 0.3) is 111 Å². The Morgan fingerprint density at radius 2 is 0.679 bits per heavy atom. The van der Waals surface area contributed by atoms with Gasteiger partial charge in [-0.15, -0.1) is 0 Å². The van der Waals surface area contributed by atoms with Crippen LogP contribution in [-0.2, 0) is 0 Å². The van der Waals surface area contributed by atoms with E-state index in [1.165, 1.54) is 11.1 Å². The van der Waals surface area contributed by atoms with Gasteiger partial charge in [0.05, 0.1) is 0 Å². The Morgan fingerprint density at radius 1 is 0.268 bits per heavy atom. The monoisotopic (exact) mass is 717 g/mol. The first-order valence-corrected chi connectivity index (χ1v) is 18.7. The van der Waals surface area contributed by atoms with Crippen molar-refractivity contribution in [1.29, 1.82) is 0 Å². The first-order valence-electron chi connectivity index (χ1n) is 18.7. The van der Waals surface area contributed by atoms with Crippen LogP contribution in [0.1, 0.15) is 0 Å². The zero-order valence-corrected chi connectivity index (χ0v) is 30.1. The van der Waals surface area contributed by atoms with Gasteiger partial charge in [0.1, 0.15) is 22.3 Å². The molecule has 0 saturated heterocycles. The third-order valence-corrected chi connectivity index (χ3v) is 10.6. The summed E-state index contributed by atoms with van der Waals surface area (Å²) in [6.07, 6.45) is 0. The zero-order chi connectivity index (χ0) is 37.0. The van der Waals surface area contributed by atoms with Gasteiger partial charge in [-0.3, -0.25) is 0 Å². The number of hydrogen-bond acceptors (Lipinski definition) is 5. The van der Waals surface area contributed by atoms with E-state index in [2.05, 4.69) is 103 Å². The molecule has 0 spiro atoms. The molecule has 0 bridgehead atoms. The van der Waals surface area contributed by atoms with Crippen molar-refractivity contribution in [1.82, 2.24) is 15.0 Å². The lowest BCUT2D eigenvalue weighted by atomic mass is 9.95. The van der Waals surface area contributed by atoms with Gasteiger partial charge in [0, 0.05) is 38.2 Å². The predicted octanol–water partition coefficient (Wildman–Crippen LogP) is 13.7. The van der Waals surface area contributed by atoms with Crippen LogP contribution in [0, 0.1) is 0 Å². The molecule has 0 saturated carbocycles. The maximum atomic E-state index is 6.49. The molecule has 0 atom stereocenters. The Kier molecular flexibility index (Phi) is 7.42. The summed E-state index contributed by atoms with van der Waals surface area (Å²) in [4.78, 5) is 15.0. The Morgan fingerprint density at radius 3 is 1.25 bits per heavy atom. The molecule has 56 heavy (non-hydrogen) atoms. The van der Waals surface area contributed by atoms with E-state index in [0.29, 0.717) is 17.5 Å². The van der Waals surface area contributed by atoms with Gasteiger partial charge in [0.25, 0.3) is 0 Å². The molecule has 0 amide bonds. The molecule has 262 valence electrons. The van der Waals surface area contributed by atoms with Crippen molar-refractivity contribution in [3.8, 4) is 67.5 Å². The van der Waals surface area contributed by atoms with Crippen molar-refractivity contribution < 1.29 is 8.83 Å². The van der Waals surface area contributed by atoms with Gasteiger partial charge in [-0.05, 0) is 69.8 Å². The fourth-order valence-corrected chi connectivity index (χ4v) is 7.84. The molecule has 0 aliphatic carbocycles. The minimum absolute atomic E-state index is 0.587. The smallest absolute Gasteiger partial charge is 0.164 e. The van der Waals surface area contributed by atoms with Crippen LogP contribution in [0.5, 0.6) is 0 Å². The van der Waals surface area contributed by atoms with Crippen molar-refractivity contribution in [2.24, 2.45) is 0 Å². The molecule has 5 nitrogen and oxygen atoms in total. The number of fused-ring (bicyclic) bond motifs is 6. The Bertz CT molecular complexity index is 3170. The molecule has 11 rings (SSSR count). The first-order chi connectivity index (χ1) is 27.7. The average molecular weight is 718 g/mol. The number of hydrogen-bond donors (Lipinski definition) is 0. The standard InChI is InChI=1S/C51H31N3O2/c1-4-12-32(13-5-1)33-22-24-34(25-23-33)37-26-28-43-41(30-37)47-39(18-10-20-45(47)55-43)38-27-29-44-42(31-38)48-40(19-11-21-46(48)56-44)51-53-49(35-14-6-2-7-15-35)52-50(54-51)36-16-8-3-9-17-36/h1-31H.